The van der Waals surface area contributed by atoms with E-state index in [1.807, 2.05) is 30.3 Å². The van der Waals surface area contributed by atoms with Gasteiger partial charge in [-0.15, -0.1) is 0 Å². The lowest BCUT2D eigenvalue weighted by atomic mass is 10.0. The van der Waals surface area contributed by atoms with E-state index in [4.69, 9.17) is 4.74 Å². The largest absolute Gasteiger partial charge is 0.452 e. The lowest BCUT2D eigenvalue weighted by Crippen LogP contribution is -2.43. The van der Waals surface area contributed by atoms with Gasteiger partial charge in [0, 0.05) is 0 Å². The van der Waals surface area contributed by atoms with Crippen LogP contribution in [0.15, 0.2) is 78.9 Å². The van der Waals surface area contributed by atoms with Crippen molar-refractivity contribution in [2.75, 3.05) is 6.61 Å². The first-order chi connectivity index (χ1) is 17.3. The first-order valence-electron chi connectivity index (χ1n) is 11.4. The highest BCUT2D eigenvalue weighted by Crippen LogP contribution is 2.24. The van der Waals surface area contributed by atoms with Crippen LogP contribution in [0.1, 0.15) is 49.1 Å². The summed E-state index contributed by atoms with van der Waals surface area (Å²) in [7, 11) is 0. The van der Waals surface area contributed by atoms with Gasteiger partial charge < -0.3 is 10.1 Å². The number of ketones is 1. The summed E-state index contributed by atoms with van der Waals surface area (Å²) < 4.78 is 5.09. The van der Waals surface area contributed by atoms with Gasteiger partial charge in [0.1, 0.15) is 0 Å². The van der Waals surface area contributed by atoms with Crippen molar-refractivity contribution in [1.29, 1.82) is 0 Å². The number of hydrogen-bond acceptors (Lipinski definition) is 6. The van der Waals surface area contributed by atoms with Crippen LogP contribution in [0.4, 0.5) is 0 Å². The third-order valence-corrected chi connectivity index (χ3v) is 5.85. The molecule has 8 heteroatoms. The van der Waals surface area contributed by atoms with E-state index < -0.39 is 24.5 Å². The van der Waals surface area contributed by atoms with Crippen LogP contribution in [0.25, 0.3) is 0 Å². The molecule has 1 N–H and O–H groups in total. The molecule has 3 aromatic carbocycles. The van der Waals surface area contributed by atoms with Gasteiger partial charge in [-0.05, 0) is 48.7 Å². The van der Waals surface area contributed by atoms with Gasteiger partial charge in [-0.3, -0.25) is 24.1 Å². The first-order valence-corrected chi connectivity index (χ1v) is 11.4. The molecule has 0 bridgehead atoms. The Morgan fingerprint density at radius 2 is 1.39 bits per heavy atom. The smallest absolute Gasteiger partial charge is 0.338 e. The van der Waals surface area contributed by atoms with Crippen molar-refractivity contribution in [3.05, 3.63) is 107 Å². The molecule has 1 aliphatic heterocycles. The molecule has 0 saturated heterocycles. The summed E-state index contributed by atoms with van der Waals surface area (Å²) in [4.78, 5) is 62.8. The number of Topliss-reactive ketones (excluding diaryl/α,β-unsaturated/α-hetero) is 1. The molecule has 3 aromatic rings. The van der Waals surface area contributed by atoms with Crippen LogP contribution in [0.5, 0.6) is 0 Å². The van der Waals surface area contributed by atoms with Crippen molar-refractivity contribution in [2.45, 2.75) is 25.9 Å². The zero-order valence-electron chi connectivity index (χ0n) is 19.6. The Morgan fingerprint density at radius 1 is 0.806 bits per heavy atom. The zero-order valence-corrected chi connectivity index (χ0v) is 19.6. The second kappa shape index (κ2) is 10.8. The second-order valence-corrected chi connectivity index (χ2v) is 8.44. The van der Waals surface area contributed by atoms with Crippen molar-refractivity contribution >= 4 is 29.5 Å². The standard InChI is InChI=1S/C28H24N2O6/c1-18(31)24(15-19-7-3-2-4-8-19)29-25(32)17-36-28(35)21-13-11-20(12-14-21)16-30-26(33)22-9-5-6-10-23(22)27(30)34/h2-14,24H,15-17H2,1H3,(H,29,32). The Hall–Kier alpha value is -4.59. The quantitative estimate of drug-likeness (QED) is 0.369. The molecule has 182 valence electrons. The Morgan fingerprint density at radius 3 is 1.97 bits per heavy atom. The van der Waals surface area contributed by atoms with Crippen molar-refractivity contribution in [3.63, 3.8) is 0 Å². The summed E-state index contributed by atoms with van der Waals surface area (Å²) in [6.45, 7) is 0.926. The lowest BCUT2D eigenvalue weighted by molar-refractivity contribution is -0.128. The van der Waals surface area contributed by atoms with E-state index in [-0.39, 0.29) is 29.7 Å². The second-order valence-electron chi connectivity index (χ2n) is 8.44. The minimum absolute atomic E-state index is 0.0674. The van der Waals surface area contributed by atoms with Crippen LogP contribution in [-0.4, -0.2) is 47.0 Å². The molecule has 4 rings (SSSR count). The number of nitrogens with zero attached hydrogens (tertiary/aromatic N) is 1. The Balaban J connectivity index is 1.29. The van der Waals surface area contributed by atoms with Gasteiger partial charge >= 0.3 is 5.97 Å². The Bertz CT molecular complexity index is 1280. The van der Waals surface area contributed by atoms with Crippen LogP contribution in [0.3, 0.4) is 0 Å². The van der Waals surface area contributed by atoms with Crippen molar-refractivity contribution < 1.29 is 28.7 Å². The van der Waals surface area contributed by atoms with E-state index in [9.17, 15) is 24.0 Å². The number of carbonyl (C=O) groups excluding carboxylic acids is 5. The number of benzene rings is 3. The van der Waals surface area contributed by atoms with Crippen LogP contribution < -0.4 is 5.32 Å². The van der Waals surface area contributed by atoms with Crippen LogP contribution in [0, 0.1) is 0 Å². The van der Waals surface area contributed by atoms with E-state index in [1.54, 1.807) is 36.4 Å². The number of rotatable bonds is 9. The normalized spacial score (nSPS) is 13.2. The fourth-order valence-corrected chi connectivity index (χ4v) is 3.91. The van der Waals surface area contributed by atoms with E-state index in [1.165, 1.54) is 19.1 Å². The summed E-state index contributed by atoms with van der Waals surface area (Å²) in [5, 5.41) is 2.60. The van der Waals surface area contributed by atoms with E-state index in [0.29, 0.717) is 23.1 Å². The zero-order chi connectivity index (χ0) is 25.7. The number of esters is 1. The molecule has 36 heavy (non-hydrogen) atoms. The third-order valence-electron chi connectivity index (χ3n) is 5.85. The molecule has 0 spiro atoms. The SMILES string of the molecule is CC(=O)C(Cc1ccccc1)NC(=O)COC(=O)c1ccc(CN2C(=O)c3ccccc3C2=O)cc1. The number of hydrogen-bond donors (Lipinski definition) is 1. The third kappa shape index (κ3) is 5.55. The fourth-order valence-electron chi connectivity index (χ4n) is 3.91. The molecule has 0 aromatic heterocycles. The molecule has 1 atom stereocenters. The molecule has 1 aliphatic rings. The van der Waals surface area contributed by atoms with Gasteiger partial charge in [0.25, 0.3) is 17.7 Å². The van der Waals surface area contributed by atoms with Crippen molar-refractivity contribution in [2.24, 2.45) is 0 Å². The molecule has 0 fully saturated rings. The van der Waals surface area contributed by atoms with Gasteiger partial charge in [0.05, 0.1) is 29.3 Å². The lowest BCUT2D eigenvalue weighted by Gasteiger charge is -2.16. The number of amides is 3. The maximum Gasteiger partial charge on any atom is 0.338 e. The number of imide groups is 1. The molecule has 8 nitrogen and oxygen atoms in total. The molecule has 0 aliphatic carbocycles. The first kappa shape index (κ1) is 24.5. The van der Waals surface area contributed by atoms with Crippen LogP contribution >= 0.6 is 0 Å². The number of ether oxygens (including phenoxy) is 1. The Kier molecular flexibility index (Phi) is 7.34. The van der Waals surface area contributed by atoms with Gasteiger partial charge in [0.2, 0.25) is 0 Å². The number of carbonyl (C=O) groups is 5. The molecule has 0 radical (unpaired) electrons. The molecule has 0 saturated carbocycles. The minimum Gasteiger partial charge on any atom is -0.452 e. The van der Waals surface area contributed by atoms with Crippen LogP contribution in [0.2, 0.25) is 0 Å². The molecule has 1 heterocycles. The van der Waals surface area contributed by atoms with Crippen LogP contribution in [-0.2, 0) is 27.3 Å². The van der Waals surface area contributed by atoms with E-state index in [0.717, 1.165) is 10.5 Å². The highest BCUT2D eigenvalue weighted by atomic mass is 16.5. The summed E-state index contributed by atoms with van der Waals surface area (Å²) in [5.41, 5.74) is 2.51. The summed E-state index contributed by atoms with van der Waals surface area (Å²) in [5.74, 6) is -2.21. The van der Waals surface area contributed by atoms with Gasteiger partial charge in [0.15, 0.2) is 12.4 Å². The molecular weight excluding hydrogens is 460 g/mol. The maximum absolute atomic E-state index is 12.5. The number of fused-ring (bicyclic) bond motifs is 1. The maximum atomic E-state index is 12.5. The van der Waals surface area contributed by atoms with Crippen molar-refractivity contribution in [1.82, 2.24) is 10.2 Å². The summed E-state index contributed by atoms with van der Waals surface area (Å²) in [6, 6.07) is 21.4. The van der Waals surface area contributed by atoms with Crippen molar-refractivity contribution in [3.8, 4) is 0 Å². The van der Waals surface area contributed by atoms with Gasteiger partial charge in [-0.1, -0.05) is 54.6 Å². The monoisotopic (exact) mass is 484 g/mol. The number of nitrogens with one attached hydrogen (secondary N) is 1. The average molecular weight is 485 g/mol. The van der Waals surface area contributed by atoms with E-state index in [2.05, 4.69) is 5.32 Å². The summed E-state index contributed by atoms with van der Waals surface area (Å²) >= 11 is 0. The Labute approximate surface area is 207 Å². The van der Waals surface area contributed by atoms with Gasteiger partial charge in [-0.25, -0.2) is 4.79 Å². The molecule has 1 unspecified atom stereocenters. The van der Waals surface area contributed by atoms with Gasteiger partial charge in [-0.2, -0.15) is 0 Å². The highest BCUT2D eigenvalue weighted by Gasteiger charge is 2.34. The predicted molar refractivity (Wildman–Crippen MR) is 130 cm³/mol. The fraction of sp³-hybridized carbons (Fsp3) is 0.179. The highest BCUT2D eigenvalue weighted by molar-refractivity contribution is 6.21. The molecule has 3 amide bonds. The minimum atomic E-state index is -0.722. The predicted octanol–water partition coefficient (Wildman–Crippen LogP) is 2.96. The topological polar surface area (TPSA) is 110 Å². The van der Waals surface area contributed by atoms with E-state index >= 15 is 0 Å². The molecular formula is C28H24N2O6. The summed E-state index contributed by atoms with van der Waals surface area (Å²) in [6.07, 6.45) is 0.338. The average Bonchev–Trinajstić information content (AvgIpc) is 3.13.